The largest absolute Gasteiger partial charge is 0.453 e. The minimum absolute atomic E-state index is 0.331. The van der Waals surface area contributed by atoms with Gasteiger partial charge >= 0.3 is 12.2 Å². The summed E-state index contributed by atoms with van der Waals surface area (Å²) >= 11 is 0. The first-order valence-electron chi connectivity index (χ1n) is 8.90. The lowest BCUT2D eigenvalue weighted by Crippen LogP contribution is -2.45. The van der Waals surface area contributed by atoms with Crippen molar-refractivity contribution in [1.82, 2.24) is 5.32 Å². The van der Waals surface area contributed by atoms with Gasteiger partial charge in [0, 0.05) is 11.4 Å². The van der Waals surface area contributed by atoms with Gasteiger partial charge in [0.05, 0.1) is 7.11 Å². The molecule has 150 valence electrons. The molecule has 0 aliphatic carbocycles. The highest BCUT2D eigenvalue weighted by Crippen LogP contribution is 2.15. The fourth-order valence-corrected chi connectivity index (χ4v) is 2.16. The van der Waals surface area contributed by atoms with E-state index in [0.29, 0.717) is 17.8 Å². The van der Waals surface area contributed by atoms with Gasteiger partial charge in [0.1, 0.15) is 11.6 Å². The smallest absolute Gasteiger partial charge is 0.411 e. The summed E-state index contributed by atoms with van der Waals surface area (Å²) in [5.74, 6) is -0.331. The molecule has 1 unspecified atom stereocenters. The third-order valence-electron chi connectivity index (χ3n) is 3.44. The molecule has 1 rings (SSSR count). The van der Waals surface area contributed by atoms with Crippen LogP contribution in [0.15, 0.2) is 24.3 Å². The minimum atomic E-state index is -0.701. The van der Waals surface area contributed by atoms with Crippen molar-refractivity contribution >= 4 is 29.5 Å². The Morgan fingerprint density at radius 2 is 1.56 bits per heavy atom. The van der Waals surface area contributed by atoms with Crippen LogP contribution in [0.1, 0.15) is 47.0 Å². The first-order valence-corrected chi connectivity index (χ1v) is 8.90. The van der Waals surface area contributed by atoms with Crippen molar-refractivity contribution in [2.75, 3.05) is 17.7 Å². The summed E-state index contributed by atoms with van der Waals surface area (Å²) in [4.78, 5) is 35.7. The Morgan fingerprint density at radius 3 is 2.04 bits per heavy atom. The number of carbonyl (C=O) groups excluding carboxylic acids is 3. The van der Waals surface area contributed by atoms with Gasteiger partial charge in [-0.25, -0.2) is 9.59 Å². The molecule has 0 fully saturated rings. The molecule has 0 saturated heterocycles. The molecule has 1 aromatic rings. The van der Waals surface area contributed by atoms with Gasteiger partial charge in [-0.05, 0) is 51.5 Å². The number of carbonyl (C=O) groups is 3. The molecule has 1 atom stereocenters. The van der Waals surface area contributed by atoms with E-state index in [0.717, 1.165) is 12.8 Å². The lowest BCUT2D eigenvalue weighted by molar-refractivity contribution is -0.118. The zero-order chi connectivity index (χ0) is 20.4. The van der Waals surface area contributed by atoms with Crippen molar-refractivity contribution < 1.29 is 23.9 Å². The van der Waals surface area contributed by atoms with Crippen molar-refractivity contribution in [1.29, 1.82) is 0 Å². The van der Waals surface area contributed by atoms with Gasteiger partial charge in [-0.1, -0.05) is 19.8 Å². The van der Waals surface area contributed by atoms with Crippen molar-refractivity contribution in [3.8, 4) is 0 Å². The van der Waals surface area contributed by atoms with Crippen LogP contribution >= 0.6 is 0 Å². The van der Waals surface area contributed by atoms with Crippen LogP contribution < -0.4 is 16.0 Å². The number of rotatable bonds is 7. The molecule has 0 aliphatic rings. The Kier molecular flexibility index (Phi) is 8.58. The minimum Gasteiger partial charge on any atom is -0.453 e. The third-order valence-corrected chi connectivity index (χ3v) is 3.44. The zero-order valence-electron chi connectivity index (χ0n) is 16.5. The van der Waals surface area contributed by atoms with Crippen LogP contribution in [-0.4, -0.2) is 36.8 Å². The summed E-state index contributed by atoms with van der Waals surface area (Å²) in [6.45, 7) is 7.29. The fraction of sp³-hybridized carbons (Fsp3) is 0.526. The third kappa shape index (κ3) is 8.94. The van der Waals surface area contributed by atoms with E-state index in [9.17, 15) is 14.4 Å². The second-order valence-electron chi connectivity index (χ2n) is 7.02. The number of ether oxygens (including phenoxy) is 2. The number of benzene rings is 1. The molecular formula is C19H29N3O5. The van der Waals surface area contributed by atoms with Gasteiger partial charge in [-0.3, -0.25) is 10.1 Å². The molecule has 0 saturated carbocycles. The molecule has 1 aromatic carbocycles. The Bertz CT molecular complexity index is 638. The Morgan fingerprint density at radius 1 is 1.00 bits per heavy atom. The molecule has 0 heterocycles. The predicted molar refractivity (Wildman–Crippen MR) is 104 cm³/mol. The van der Waals surface area contributed by atoms with Gasteiger partial charge in [0.2, 0.25) is 5.91 Å². The van der Waals surface area contributed by atoms with Gasteiger partial charge in [0.15, 0.2) is 0 Å². The molecule has 0 aliphatic heterocycles. The maximum Gasteiger partial charge on any atom is 0.411 e. The van der Waals surface area contributed by atoms with Gasteiger partial charge in [-0.15, -0.1) is 0 Å². The highest BCUT2D eigenvalue weighted by molar-refractivity contribution is 5.96. The van der Waals surface area contributed by atoms with Crippen LogP contribution in [0.4, 0.5) is 21.0 Å². The van der Waals surface area contributed by atoms with Gasteiger partial charge in [0.25, 0.3) is 0 Å². The van der Waals surface area contributed by atoms with E-state index in [-0.39, 0.29) is 5.91 Å². The van der Waals surface area contributed by atoms with E-state index >= 15 is 0 Å². The molecule has 3 amide bonds. The lowest BCUT2D eigenvalue weighted by Gasteiger charge is -2.23. The Labute approximate surface area is 160 Å². The van der Waals surface area contributed by atoms with E-state index in [4.69, 9.17) is 4.74 Å². The molecule has 8 nitrogen and oxygen atoms in total. The second-order valence-corrected chi connectivity index (χ2v) is 7.02. The number of methoxy groups -OCH3 is 1. The summed E-state index contributed by atoms with van der Waals surface area (Å²) in [5.41, 5.74) is 0.440. The topological polar surface area (TPSA) is 106 Å². The van der Waals surface area contributed by atoms with E-state index < -0.39 is 23.8 Å². The maximum atomic E-state index is 12.6. The summed E-state index contributed by atoms with van der Waals surface area (Å²) in [6.07, 6.45) is 0.983. The van der Waals surface area contributed by atoms with Crippen molar-refractivity contribution in [2.45, 2.75) is 58.6 Å². The van der Waals surface area contributed by atoms with Crippen LogP contribution in [0.2, 0.25) is 0 Å². The number of alkyl carbamates (subject to hydrolysis) is 1. The highest BCUT2D eigenvalue weighted by atomic mass is 16.6. The maximum absolute atomic E-state index is 12.6. The molecule has 0 aromatic heterocycles. The number of anilines is 2. The average molecular weight is 379 g/mol. The Balaban J connectivity index is 2.72. The lowest BCUT2D eigenvalue weighted by atomic mass is 10.1. The van der Waals surface area contributed by atoms with Crippen LogP contribution in [0.25, 0.3) is 0 Å². The Hall–Kier alpha value is -2.77. The van der Waals surface area contributed by atoms with E-state index in [1.54, 1.807) is 45.0 Å². The summed E-state index contributed by atoms with van der Waals surface area (Å²) in [7, 11) is 1.28. The number of hydrogen-bond acceptors (Lipinski definition) is 5. The number of nitrogens with one attached hydrogen (secondary N) is 3. The molecule has 0 spiro atoms. The number of unbranched alkanes of at least 4 members (excludes halogenated alkanes) is 1. The molecule has 0 bridgehead atoms. The SMILES string of the molecule is CCCCC(NC(=O)OC(C)(C)C)C(=O)Nc1ccc(NC(=O)OC)cc1. The molecular weight excluding hydrogens is 350 g/mol. The summed E-state index contributed by atoms with van der Waals surface area (Å²) < 4.78 is 9.75. The van der Waals surface area contributed by atoms with Crippen LogP contribution in [0, 0.1) is 0 Å². The monoisotopic (exact) mass is 379 g/mol. The predicted octanol–water partition coefficient (Wildman–Crippen LogP) is 3.89. The molecule has 0 radical (unpaired) electrons. The van der Waals surface area contributed by atoms with E-state index in [2.05, 4.69) is 20.7 Å². The van der Waals surface area contributed by atoms with Crippen molar-refractivity contribution in [3.63, 3.8) is 0 Å². The standard InChI is InChI=1S/C19H29N3O5/c1-6-7-8-15(22-18(25)27-19(2,3)4)16(23)20-13-9-11-14(12-10-13)21-17(24)26-5/h9-12,15H,6-8H2,1-5H3,(H,20,23)(H,21,24)(H,22,25). The molecule has 8 heteroatoms. The first-order chi connectivity index (χ1) is 12.6. The second kappa shape index (κ2) is 10.4. The fourth-order valence-electron chi connectivity index (χ4n) is 2.16. The average Bonchev–Trinajstić information content (AvgIpc) is 2.58. The molecule has 3 N–H and O–H groups in total. The van der Waals surface area contributed by atoms with Crippen molar-refractivity contribution in [3.05, 3.63) is 24.3 Å². The quantitative estimate of drug-likeness (QED) is 0.666. The number of amides is 3. The van der Waals surface area contributed by atoms with Crippen LogP contribution in [0.3, 0.4) is 0 Å². The first kappa shape index (κ1) is 22.3. The van der Waals surface area contributed by atoms with Gasteiger partial charge < -0.3 is 20.1 Å². The van der Waals surface area contributed by atoms with Crippen LogP contribution in [0.5, 0.6) is 0 Å². The normalized spacial score (nSPS) is 11.9. The zero-order valence-corrected chi connectivity index (χ0v) is 16.5. The number of hydrogen-bond donors (Lipinski definition) is 3. The summed E-state index contributed by atoms with van der Waals surface area (Å²) in [5, 5.41) is 7.91. The summed E-state index contributed by atoms with van der Waals surface area (Å²) in [6, 6.07) is 5.86. The van der Waals surface area contributed by atoms with Gasteiger partial charge in [-0.2, -0.15) is 0 Å². The van der Waals surface area contributed by atoms with Crippen molar-refractivity contribution in [2.24, 2.45) is 0 Å². The van der Waals surface area contributed by atoms with Crippen LogP contribution in [-0.2, 0) is 14.3 Å². The highest BCUT2D eigenvalue weighted by Gasteiger charge is 2.24. The van der Waals surface area contributed by atoms with E-state index in [1.165, 1.54) is 7.11 Å². The van der Waals surface area contributed by atoms with E-state index in [1.807, 2.05) is 6.92 Å². The molecule has 27 heavy (non-hydrogen) atoms.